The monoisotopic (exact) mass is 293 g/mol. The molecule has 0 aromatic carbocycles. The maximum absolute atomic E-state index is 3.54. The topological polar surface area (TPSA) is 18.5 Å². The molecule has 3 heteroatoms. The van der Waals surface area contributed by atoms with Crippen molar-refractivity contribution in [3.63, 3.8) is 0 Å². The first-order chi connectivity index (χ1) is 10.4. The average Bonchev–Trinajstić information content (AvgIpc) is 2.93. The van der Waals surface area contributed by atoms with Crippen molar-refractivity contribution in [1.82, 2.24) is 15.1 Å². The zero-order chi connectivity index (χ0) is 14.3. The third-order valence-corrected chi connectivity index (χ3v) is 5.96. The first-order valence-corrected chi connectivity index (χ1v) is 9.60. The van der Waals surface area contributed by atoms with E-state index in [9.17, 15) is 0 Å². The highest BCUT2D eigenvalue weighted by Gasteiger charge is 2.29. The Bertz CT molecular complexity index is 282. The summed E-state index contributed by atoms with van der Waals surface area (Å²) in [4.78, 5) is 5.57. The van der Waals surface area contributed by atoms with Crippen LogP contribution in [0.1, 0.15) is 57.8 Å². The largest absolute Gasteiger partial charge is 0.317 e. The lowest BCUT2D eigenvalue weighted by molar-refractivity contribution is 0.117. The van der Waals surface area contributed by atoms with Gasteiger partial charge in [-0.3, -0.25) is 0 Å². The first kappa shape index (κ1) is 15.8. The Morgan fingerprint density at radius 3 is 2.33 bits per heavy atom. The van der Waals surface area contributed by atoms with Gasteiger partial charge in [-0.25, -0.2) is 0 Å². The lowest BCUT2D eigenvalue weighted by atomic mass is 9.87. The summed E-state index contributed by atoms with van der Waals surface area (Å²) in [7, 11) is 0. The zero-order valence-corrected chi connectivity index (χ0v) is 13.9. The summed E-state index contributed by atoms with van der Waals surface area (Å²) in [5, 5.41) is 3.54. The molecule has 3 saturated heterocycles. The summed E-state index contributed by atoms with van der Waals surface area (Å²) in [6.07, 6.45) is 12.9. The fourth-order valence-electron chi connectivity index (χ4n) is 4.74. The van der Waals surface area contributed by atoms with Crippen molar-refractivity contribution < 1.29 is 0 Å². The Labute approximate surface area is 131 Å². The van der Waals surface area contributed by atoms with Crippen LogP contribution in [-0.2, 0) is 0 Å². The minimum atomic E-state index is 0.896. The number of hydrogen-bond acceptors (Lipinski definition) is 3. The Balaban J connectivity index is 1.48. The van der Waals surface area contributed by atoms with Crippen LogP contribution in [-0.4, -0.2) is 61.7 Å². The molecule has 0 aromatic heterocycles. The van der Waals surface area contributed by atoms with E-state index in [2.05, 4.69) is 15.1 Å². The minimum absolute atomic E-state index is 0.896. The van der Waals surface area contributed by atoms with Crippen LogP contribution in [0.4, 0.5) is 0 Å². The second kappa shape index (κ2) is 8.50. The second-order valence-electron chi connectivity index (χ2n) is 7.44. The molecule has 3 nitrogen and oxygen atoms in total. The molecule has 1 atom stereocenters. The van der Waals surface area contributed by atoms with Gasteiger partial charge in [0.1, 0.15) is 0 Å². The quantitative estimate of drug-likeness (QED) is 0.841. The van der Waals surface area contributed by atoms with Gasteiger partial charge in [-0.05, 0) is 96.7 Å². The Morgan fingerprint density at radius 1 is 0.762 bits per heavy atom. The van der Waals surface area contributed by atoms with E-state index in [0.717, 1.165) is 12.0 Å². The van der Waals surface area contributed by atoms with Gasteiger partial charge in [0.2, 0.25) is 0 Å². The van der Waals surface area contributed by atoms with Gasteiger partial charge in [0, 0.05) is 6.04 Å². The minimum Gasteiger partial charge on any atom is -0.317 e. The lowest BCUT2D eigenvalue weighted by Gasteiger charge is -2.38. The van der Waals surface area contributed by atoms with Crippen LogP contribution in [0.3, 0.4) is 0 Å². The van der Waals surface area contributed by atoms with Gasteiger partial charge in [-0.2, -0.15) is 0 Å². The third kappa shape index (κ3) is 4.67. The predicted octanol–water partition coefficient (Wildman–Crippen LogP) is 2.72. The summed E-state index contributed by atoms with van der Waals surface area (Å²) < 4.78 is 0. The molecule has 3 heterocycles. The molecular formula is C18H35N3. The third-order valence-electron chi connectivity index (χ3n) is 5.96. The number of rotatable bonds is 5. The van der Waals surface area contributed by atoms with Crippen molar-refractivity contribution in [2.45, 2.75) is 63.8 Å². The first-order valence-electron chi connectivity index (χ1n) is 9.60. The number of hydrogen-bond donors (Lipinski definition) is 1. The van der Waals surface area contributed by atoms with Gasteiger partial charge in [-0.15, -0.1) is 0 Å². The van der Waals surface area contributed by atoms with Crippen LogP contribution in [0.25, 0.3) is 0 Å². The molecule has 3 aliphatic heterocycles. The van der Waals surface area contributed by atoms with E-state index in [0.29, 0.717) is 0 Å². The van der Waals surface area contributed by atoms with Gasteiger partial charge in [0.05, 0.1) is 0 Å². The van der Waals surface area contributed by atoms with Crippen LogP contribution < -0.4 is 5.32 Å². The zero-order valence-electron chi connectivity index (χ0n) is 13.9. The van der Waals surface area contributed by atoms with E-state index in [-0.39, 0.29) is 0 Å². The van der Waals surface area contributed by atoms with Crippen LogP contribution in [0.15, 0.2) is 0 Å². The highest BCUT2D eigenvalue weighted by atomic mass is 15.2. The summed E-state index contributed by atoms with van der Waals surface area (Å²) in [6, 6.07) is 0.896. The molecule has 3 fully saturated rings. The summed E-state index contributed by atoms with van der Waals surface area (Å²) in [6.45, 7) is 9.29. The van der Waals surface area contributed by atoms with Crippen molar-refractivity contribution in [1.29, 1.82) is 0 Å². The number of nitrogens with zero attached hydrogens (tertiary/aromatic N) is 2. The lowest BCUT2D eigenvalue weighted by Crippen LogP contribution is -2.45. The predicted molar refractivity (Wildman–Crippen MR) is 89.7 cm³/mol. The fraction of sp³-hybridized carbons (Fsp3) is 1.00. The van der Waals surface area contributed by atoms with Gasteiger partial charge in [0.25, 0.3) is 0 Å². The highest BCUT2D eigenvalue weighted by molar-refractivity contribution is 4.85. The van der Waals surface area contributed by atoms with E-state index in [1.165, 1.54) is 104 Å². The number of likely N-dealkylation sites (tertiary alicyclic amines) is 2. The molecule has 1 N–H and O–H groups in total. The van der Waals surface area contributed by atoms with Crippen molar-refractivity contribution >= 4 is 0 Å². The maximum atomic E-state index is 3.54. The van der Waals surface area contributed by atoms with Gasteiger partial charge >= 0.3 is 0 Å². The Hall–Kier alpha value is -0.120. The summed E-state index contributed by atoms with van der Waals surface area (Å²) in [5.41, 5.74) is 0. The van der Waals surface area contributed by atoms with E-state index in [1.807, 2.05) is 0 Å². The van der Waals surface area contributed by atoms with Gasteiger partial charge < -0.3 is 15.1 Å². The van der Waals surface area contributed by atoms with E-state index in [1.54, 1.807) is 0 Å². The molecule has 0 aliphatic carbocycles. The molecular weight excluding hydrogens is 258 g/mol. The molecule has 0 amide bonds. The molecule has 3 aliphatic rings. The van der Waals surface area contributed by atoms with Gasteiger partial charge in [-0.1, -0.05) is 12.8 Å². The van der Waals surface area contributed by atoms with Crippen LogP contribution >= 0.6 is 0 Å². The Morgan fingerprint density at radius 2 is 1.52 bits per heavy atom. The molecule has 122 valence electrons. The SMILES string of the molecule is C1CCC(C2CCNCC2)N(CCCN2CCCC2)CC1. The van der Waals surface area contributed by atoms with Crippen LogP contribution in [0.2, 0.25) is 0 Å². The van der Waals surface area contributed by atoms with E-state index < -0.39 is 0 Å². The van der Waals surface area contributed by atoms with E-state index >= 15 is 0 Å². The molecule has 3 rings (SSSR count). The summed E-state index contributed by atoms with van der Waals surface area (Å²) >= 11 is 0. The highest BCUT2D eigenvalue weighted by Crippen LogP contribution is 2.28. The van der Waals surface area contributed by atoms with Crippen molar-refractivity contribution in [2.24, 2.45) is 5.92 Å². The molecule has 0 bridgehead atoms. The van der Waals surface area contributed by atoms with E-state index in [4.69, 9.17) is 0 Å². The normalized spacial score (nSPS) is 30.6. The molecule has 21 heavy (non-hydrogen) atoms. The Kier molecular flexibility index (Phi) is 6.38. The average molecular weight is 293 g/mol. The smallest absolute Gasteiger partial charge is 0.0124 e. The molecule has 0 aromatic rings. The molecule has 0 spiro atoms. The maximum Gasteiger partial charge on any atom is 0.0124 e. The fourth-order valence-corrected chi connectivity index (χ4v) is 4.74. The molecule has 1 unspecified atom stereocenters. The second-order valence-corrected chi connectivity index (χ2v) is 7.44. The van der Waals surface area contributed by atoms with Crippen molar-refractivity contribution in [3.8, 4) is 0 Å². The standard InChI is InChI=1S/C18H35N3/c1-2-7-18(17-8-10-19-11-9-17)21(15-3-1)16-6-14-20-12-4-5-13-20/h17-19H,1-16H2. The molecule has 0 saturated carbocycles. The molecule has 0 radical (unpaired) electrons. The van der Waals surface area contributed by atoms with Gasteiger partial charge in [0.15, 0.2) is 0 Å². The van der Waals surface area contributed by atoms with Crippen molar-refractivity contribution in [2.75, 3.05) is 45.8 Å². The summed E-state index contributed by atoms with van der Waals surface area (Å²) in [5.74, 6) is 0.969. The van der Waals surface area contributed by atoms with Crippen LogP contribution in [0.5, 0.6) is 0 Å². The van der Waals surface area contributed by atoms with Crippen molar-refractivity contribution in [3.05, 3.63) is 0 Å². The number of nitrogens with one attached hydrogen (secondary N) is 1. The van der Waals surface area contributed by atoms with Crippen LogP contribution in [0, 0.1) is 5.92 Å². The number of piperidine rings is 1.